The fourth-order valence-electron chi connectivity index (χ4n) is 6.60. The number of nitrogens with zero attached hydrogens (tertiary/aromatic N) is 3. The van der Waals surface area contributed by atoms with Crippen LogP contribution in [-0.2, 0) is 0 Å². The van der Waals surface area contributed by atoms with Crippen molar-refractivity contribution in [3.8, 4) is 33.9 Å². The summed E-state index contributed by atoms with van der Waals surface area (Å²) >= 11 is 0. The predicted octanol–water partition coefficient (Wildman–Crippen LogP) is 10.8. The number of benzene rings is 6. The molecule has 212 valence electrons. The van der Waals surface area contributed by atoms with Crippen LogP contribution in [0.4, 0.5) is 0 Å². The van der Waals surface area contributed by atoms with Crippen LogP contribution in [0.15, 0.2) is 144 Å². The Morgan fingerprint density at radius 2 is 1.20 bits per heavy atom. The van der Waals surface area contributed by atoms with Gasteiger partial charge in [-0.3, -0.25) is 0 Å². The lowest BCUT2D eigenvalue weighted by Gasteiger charge is -2.14. The molecule has 0 fully saturated rings. The number of hydrogen-bond donors (Lipinski definition) is 0. The molecule has 0 N–H and O–H groups in total. The van der Waals surface area contributed by atoms with Crippen molar-refractivity contribution < 1.29 is 4.42 Å². The van der Waals surface area contributed by atoms with Crippen LogP contribution < -0.4 is 0 Å². The first-order valence-electron chi connectivity index (χ1n) is 15.4. The van der Waals surface area contributed by atoms with Gasteiger partial charge in [0.15, 0.2) is 17.5 Å². The van der Waals surface area contributed by atoms with Crippen LogP contribution in [0.2, 0.25) is 0 Å². The van der Waals surface area contributed by atoms with Gasteiger partial charge in [-0.05, 0) is 69.8 Å². The Hall–Kier alpha value is -5.87. The molecule has 0 saturated heterocycles. The Morgan fingerprint density at radius 3 is 2.04 bits per heavy atom. The van der Waals surface area contributed by atoms with E-state index >= 15 is 0 Å². The van der Waals surface area contributed by atoms with Crippen LogP contribution in [-0.4, -0.2) is 15.0 Å². The summed E-state index contributed by atoms with van der Waals surface area (Å²) in [5, 5.41) is 6.90. The second kappa shape index (κ2) is 10.4. The molecule has 0 aliphatic heterocycles. The Labute approximate surface area is 260 Å². The van der Waals surface area contributed by atoms with Crippen molar-refractivity contribution in [2.75, 3.05) is 0 Å². The van der Waals surface area contributed by atoms with Crippen molar-refractivity contribution in [1.82, 2.24) is 15.0 Å². The minimum Gasteiger partial charge on any atom is -0.456 e. The Kier molecular flexibility index (Phi) is 5.91. The molecule has 0 saturated carbocycles. The minimum absolute atomic E-state index is 0.627. The molecular formula is C41H27N3O. The maximum Gasteiger partial charge on any atom is 0.164 e. The van der Waals surface area contributed by atoms with Crippen molar-refractivity contribution in [2.24, 2.45) is 0 Å². The number of furan rings is 1. The highest BCUT2D eigenvalue weighted by molar-refractivity contribution is 6.17. The van der Waals surface area contributed by atoms with Gasteiger partial charge in [0.25, 0.3) is 0 Å². The molecule has 1 aliphatic carbocycles. The molecule has 0 unspecified atom stereocenters. The topological polar surface area (TPSA) is 51.8 Å². The van der Waals surface area contributed by atoms with Crippen molar-refractivity contribution >= 4 is 49.1 Å². The quantitative estimate of drug-likeness (QED) is 0.195. The fraction of sp³-hybridized carbons (Fsp3) is 0.0488. The van der Waals surface area contributed by atoms with E-state index in [1.54, 1.807) is 0 Å². The normalized spacial score (nSPS) is 13.2. The maximum absolute atomic E-state index is 6.54. The van der Waals surface area contributed by atoms with E-state index in [1.807, 2.05) is 30.3 Å². The second-order valence-electron chi connectivity index (χ2n) is 11.5. The summed E-state index contributed by atoms with van der Waals surface area (Å²) in [5.41, 5.74) is 6.73. The predicted molar refractivity (Wildman–Crippen MR) is 185 cm³/mol. The highest BCUT2D eigenvalue weighted by Crippen LogP contribution is 2.42. The van der Waals surface area contributed by atoms with Crippen LogP contribution in [0.1, 0.15) is 18.7 Å². The number of allylic oxidation sites excluding steroid dienone is 4. The highest BCUT2D eigenvalue weighted by atomic mass is 16.3. The van der Waals surface area contributed by atoms with Gasteiger partial charge in [0.2, 0.25) is 0 Å². The fourth-order valence-corrected chi connectivity index (χ4v) is 6.60. The lowest BCUT2D eigenvalue weighted by molar-refractivity contribution is 0.669. The minimum atomic E-state index is 0.627. The van der Waals surface area contributed by atoms with Gasteiger partial charge in [0, 0.05) is 27.5 Å². The summed E-state index contributed by atoms with van der Waals surface area (Å²) in [6.07, 6.45) is 8.52. The van der Waals surface area contributed by atoms with Crippen molar-refractivity contribution in [2.45, 2.75) is 12.8 Å². The molecular weight excluding hydrogens is 550 g/mol. The van der Waals surface area contributed by atoms with Gasteiger partial charge < -0.3 is 4.42 Å². The van der Waals surface area contributed by atoms with E-state index in [2.05, 4.69) is 109 Å². The van der Waals surface area contributed by atoms with E-state index in [4.69, 9.17) is 19.4 Å². The maximum atomic E-state index is 6.54. The summed E-state index contributed by atoms with van der Waals surface area (Å²) < 4.78 is 6.54. The van der Waals surface area contributed by atoms with Crippen LogP contribution in [0.5, 0.6) is 0 Å². The Morgan fingerprint density at radius 1 is 0.489 bits per heavy atom. The molecule has 0 amide bonds. The molecule has 4 nitrogen and oxygen atoms in total. The number of hydrogen-bond acceptors (Lipinski definition) is 4. The molecule has 0 spiro atoms. The molecule has 0 atom stereocenters. The molecule has 9 rings (SSSR count). The van der Waals surface area contributed by atoms with Gasteiger partial charge in [-0.1, -0.05) is 115 Å². The summed E-state index contributed by atoms with van der Waals surface area (Å²) in [6, 6.07) is 42.3. The number of aromatic nitrogens is 3. The lowest BCUT2D eigenvalue weighted by atomic mass is 9.91. The van der Waals surface area contributed by atoms with Crippen molar-refractivity contribution in [3.63, 3.8) is 0 Å². The smallest absolute Gasteiger partial charge is 0.164 e. The third-order valence-electron chi connectivity index (χ3n) is 8.72. The second-order valence-corrected chi connectivity index (χ2v) is 11.5. The molecule has 6 aromatic carbocycles. The molecule has 0 radical (unpaired) electrons. The van der Waals surface area contributed by atoms with E-state index < -0.39 is 0 Å². The average Bonchev–Trinajstić information content (AvgIpc) is 3.50. The largest absolute Gasteiger partial charge is 0.456 e. The van der Waals surface area contributed by atoms with Gasteiger partial charge in [0.05, 0.1) is 0 Å². The van der Waals surface area contributed by atoms with E-state index in [-0.39, 0.29) is 0 Å². The zero-order valence-corrected chi connectivity index (χ0v) is 24.4. The Balaban J connectivity index is 1.37. The SMILES string of the molecule is C1=CC(c2nc(-c3ccccc3)nc(-c3cc(-c4cc5ccccc5c5ccccc45)cc4oc5ccccc5c34)n2)=CCC1. The van der Waals surface area contributed by atoms with Crippen LogP contribution in [0.25, 0.3) is 83.0 Å². The molecule has 0 bridgehead atoms. The zero-order valence-electron chi connectivity index (χ0n) is 24.4. The van der Waals surface area contributed by atoms with Gasteiger partial charge in [-0.25, -0.2) is 15.0 Å². The first kappa shape index (κ1) is 25.6. The van der Waals surface area contributed by atoms with Crippen LogP contribution >= 0.6 is 0 Å². The van der Waals surface area contributed by atoms with Gasteiger partial charge in [0.1, 0.15) is 11.2 Å². The third-order valence-corrected chi connectivity index (χ3v) is 8.72. The van der Waals surface area contributed by atoms with Crippen LogP contribution in [0, 0.1) is 0 Å². The number of rotatable bonds is 4. The van der Waals surface area contributed by atoms with E-state index in [0.717, 1.165) is 62.6 Å². The molecule has 8 aromatic rings. The first-order valence-corrected chi connectivity index (χ1v) is 15.4. The number of para-hydroxylation sites is 1. The highest BCUT2D eigenvalue weighted by Gasteiger charge is 2.21. The van der Waals surface area contributed by atoms with E-state index in [9.17, 15) is 0 Å². The molecule has 2 heterocycles. The Bertz CT molecular complexity index is 2490. The van der Waals surface area contributed by atoms with Gasteiger partial charge >= 0.3 is 0 Å². The molecule has 4 heteroatoms. The number of fused-ring (bicyclic) bond motifs is 6. The zero-order chi connectivity index (χ0) is 29.7. The molecule has 45 heavy (non-hydrogen) atoms. The van der Waals surface area contributed by atoms with Gasteiger partial charge in [-0.2, -0.15) is 0 Å². The van der Waals surface area contributed by atoms with E-state index in [1.165, 1.54) is 21.5 Å². The summed E-state index contributed by atoms with van der Waals surface area (Å²) in [6.45, 7) is 0. The summed E-state index contributed by atoms with van der Waals surface area (Å²) in [7, 11) is 0. The van der Waals surface area contributed by atoms with Crippen molar-refractivity contribution in [1.29, 1.82) is 0 Å². The first-order chi connectivity index (χ1) is 22.3. The average molecular weight is 578 g/mol. The van der Waals surface area contributed by atoms with Crippen LogP contribution in [0.3, 0.4) is 0 Å². The third kappa shape index (κ3) is 4.34. The standard InChI is InChI=1S/C41H27N3O/c1-3-13-26(14-4-1)39-42-40(27-15-5-2-6-16-27)44-41(43-39)35-24-29(25-37-38(35)33-21-11-12-22-36(33)45-37)34-23-28-17-7-8-18-30(28)31-19-9-10-20-32(31)34/h1,3-5,7-25H,2,6H2. The summed E-state index contributed by atoms with van der Waals surface area (Å²) in [5.74, 6) is 1.96. The monoisotopic (exact) mass is 577 g/mol. The van der Waals surface area contributed by atoms with Gasteiger partial charge in [-0.15, -0.1) is 0 Å². The molecule has 1 aliphatic rings. The van der Waals surface area contributed by atoms with E-state index in [0.29, 0.717) is 17.5 Å². The molecule has 2 aromatic heterocycles. The van der Waals surface area contributed by atoms with Crippen molar-refractivity contribution in [3.05, 3.63) is 145 Å². The lowest BCUT2D eigenvalue weighted by Crippen LogP contribution is -2.03. The summed E-state index contributed by atoms with van der Waals surface area (Å²) in [4.78, 5) is 15.3.